The number of nitrogens with two attached hydrogens (primary N) is 2. The molecule has 0 aliphatic carbocycles. The van der Waals surface area contributed by atoms with Crippen molar-refractivity contribution in [3.05, 3.63) is 35.9 Å². The minimum atomic E-state index is -2.21. The Balaban J connectivity index is 2.59. The lowest BCUT2D eigenvalue weighted by atomic mass is 9.92. The summed E-state index contributed by atoms with van der Waals surface area (Å²) >= 11 is 0. The number of esters is 2. The number of hydrogen-bond acceptors (Lipinski definition) is 7. The molecule has 8 heteroatoms. The summed E-state index contributed by atoms with van der Waals surface area (Å²) in [4.78, 5) is 35.6. The summed E-state index contributed by atoms with van der Waals surface area (Å²) in [6.07, 6.45) is 0.0587. The van der Waals surface area contributed by atoms with E-state index in [1.54, 1.807) is 45.0 Å². The molecule has 1 unspecified atom stereocenters. The molecule has 0 bridgehead atoms. The lowest BCUT2D eigenvalue weighted by Gasteiger charge is -2.24. The lowest BCUT2D eigenvalue weighted by Crippen LogP contribution is -2.55. The molecular weight excluding hydrogens is 352 g/mol. The molecule has 27 heavy (non-hydrogen) atoms. The third-order valence-corrected chi connectivity index (χ3v) is 3.75. The van der Waals surface area contributed by atoms with E-state index in [2.05, 4.69) is 0 Å². The predicted molar refractivity (Wildman–Crippen MR) is 98.5 cm³/mol. The number of ether oxygens (including phenoxy) is 2. The van der Waals surface area contributed by atoms with Crippen molar-refractivity contribution < 1.29 is 29.0 Å². The minimum Gasteiger partial charge on any atom is -0.479 e. The zero-order valence-electron chi connectivity index (χ0n) is 15.9. The number of carboxylic acids is 1. The van der Waals surface area contributed by atoms with Crippen molar-refractivity contribution in [3.8, 4) is 0 Å². The molecule has 150 valence electrons. The predicted octanol–water partition coefficient (Wildman–Crippen LogP) is 1.35. The second-order valence-electron chi connectivity index (χ2n) is 7.37. The van der Waals surface area contributed by atoms with E-state index in [1.165, 1.54) is 0 Å². The quantitative estimate of drug-likeness (QED) is 0.430. The smallest absolute Gasteiger partial charge is 0.338 e. The molecule has 1 aromatic rings. The van der Waals surface area contributed by atoms with Crippen LogP contribution in [0.25, 0.3) is 0 Å². The van der Waals surface area contributed by atoms with Crippen LogP contribution in [-0.2, 0) is 30.5 Å². The van der Waals surface area contributed by atoms with Gasteiger partial charge in [0.25, 0.3) is 0 Å². The molecule has 0 fully saturated rings. The highest BCUT2D eigenvalue weighted by Gasteiger charge is 2.43. The van der Waals surface area contributed by atoms with Crippen LogP contribution in [0.1, 0.15) is 45.6 Å². The van der Waals surface area contributed by atoms with E-state index in [9.17, 15) is 19.5 Å². The molecule has 0 aliphatic rings. The van der Waals surface area contributed by atoms with E-state index in [-0.39, 0.29) is 25.9 Å². The second kappa shape index (κ2) is 9.48. The topological polar surface area (TPSA) is 142 Å². The number of carboxylic acid groups (broad SMARTS) is 1. The average molecular weight is 380 g/mol. The summed E-state index contributed by atoms with van der Waals surface area (Å²) in [7, 11) is 0. The van der Waals surface area contributed by atoms with Crippen molar-refractivity contribution in [1.29, 1.82) is 0 Å². The molecule has 0 heterocycles. The first-order chi connectivity index (χ1) is 12.5. The van der Waals surface area contributed by atoms with E-state index in [0.29, 0.717) is 5.56 Å². The molecule has 8 nitrogen and oxygen atoms in total. The van der Waals surface area contributed by atoms with Crippen molar-refractivity contribution in [2.45, 2.75) is 63.8 Å². The van der Waals surface area contributed by atoms with Crippen LogP contribution in [0.3, 0.4) is 0 Å². The molecule has 5 N–H and O–H groups in total. The van der Waals surface area contributed by atoms with Gasteiger partial charge in [-0.05, 0) is 45.6 Å². The number of carbonyl (C=O) groups excluding carboxylic acids is 2. The van der Waals surface area contributed by atoms with E-state index in [4.69, 9.17) is 20.9 Å². The highest BCUT2D eigenvalue weighted by atomic mass is 16.6. The van der Waals surface area contributed by atoms with E-state index in [0.717, 1.165) is 0 Å². The van der Waals surface area contributed by atoms with Crippen molar-refractivity contribution in [2.24, 2.45) is 11.5 Å². The van der Waals surface area contributed by atoms with Crippen LogP contribution in [0.2, 0.25) is 0 Å². The summed E-state index contributed by atoms with van der Waals surface area (Å²) < 4.78 is 10.2. The Morgan fingerprint density at radius 1 is 1.15 bits per heavy atom. The fourth-order valence-corrected chi connectivity index (χ4v) is 2.24. The van der Waals surface area contributed by atoms with Gasteiger partial charge in [-0.1, -0.05) is 30.3 Å². The first kappa shape index (κ1) is 22.6. The molecular formula is C19H28N2O6. The van der Waals surface area contributed by atoms with E-state index < -0.39 is 35.1 Å². The Kier molecular flexibility index (Phi) is 7.93. The second-order valence-corrected chi connectivity index (χ2v) is 7.37. The number of carbonyl (C=O) groups is 3. The van der Waals surface area contributed by atoms with Crippen molar-refractivity contribution in [1.82, 2.24) is 0 Å². The Bertz CT molecular complexity index is 656. The third-order valence-electron chi connectivity index (χ3n) is 3.75. The number of aliphatic carboxylic acids is 1. The largest absolute Gasteiger partial charge is 0.479 e. The van der Waals surface area contributed by atoms with Crippen LogP contribution in [0.4, 0.5) is 0 Å². The maximum absolute atomic E-state index is 12.2. The lowest BCUT2D eigenvalue weighted by molar-refractivity contribution is -0.162. The molecule has 0 saturated heterocycles. The van der Waals surface area contributed by atoms with Gasteiger partial charge in [0, 0.05) is 0 Å². The maximum atomic E-state index is 12.2. The van der Waals surface area contributed by atoms with Gasteiger partial charge < -0.3 is 26.0 Å². The zero-order chi connectivity index (χ0) is 20.7. The van der Waals surface area contributed by atoms with Gasteiger partial charge in [-0.3, -0.25) is 4.79 Å². The normalized spacial score (nSPS) is 14.7. The molecule has 0 spiro atoms. The highest BCUT2D eigenvalue weighted by molar-refractivity contribution is 6.03. The average Bonchev–Trinajstić information content (AvgIpc) is 2.58. The molecule has 0 amide bonds. The summed E-state index contributed by atoms with van der Waals surface area (Å²) in [6, 6.07) is 7.91. The van der Waals surface area contributed by atoms with Crippen LogP contribution < -0.4 is 11.5 Å². The van der Waals surface area contributed by atoms with Gasteiger partial charge in [0.2, 0.25) is 5.54 Å². The summed E-state index contributed by atoms with van der Waals surface area (Å²) in [5.41, 5.74) is 9.38. The molecule has 0 radical (unpaired) electrons. The van der Waals surface area contributed by atoms with E-state index in [1.807, 2.05) is 6.07 Å². The van der Waals surface area contributed by atoms with Crippen LogP contribution in [0, 0.1) is 0 Å². The third kappa shape index (κ3) is 7.36. The first-order valence-electron chi connectivity index (χ1n) is 8.67. The van der Waals surface area contributed by atoms with Gasteiger partial charge >= 0.3 is 17.9 Å². The Hall–Kier alpha value is -2.45. The van der Waals surface area contributed by atoms with Crippen LogP contribution in [0.5, 0.6) is 0 Å². The standard InChI is InChI=1S/C19H28N2O6/c1-18(2,3)27-15(22)14(20)10-7-11-19(21,16(23)24)17(25)26-12-13-8-5-4-6-9-13/h4-6,8-9,14H,7,10-12,20-21H2,1-3H3,(H,23,24)/t14?,19-/m0/s1. The molecule has 1 rings (SSSR count). The zero-order valence-corrected chi connectivity index (χ0v) is 15.9. The molecule has 2 atom stereocenters. The summed E-state index contributed by atoms with van der Waals surface area (Å²) in [5.74, 6) is -3.12. The molecule has 0 aromatic heterocycles. The molecule has 0 aliphatic heterocycles. The highest BCUT2D eigenvalue weighted by Crippen LogP contribution is 2.17. The fraction of sp³-hybridized carbons (Fsp3) is 0.526. The van der Waals surface area contributed by atoms with Crippen LogP contribution >= 0.6 is 0 Å². The van der Waals surface area contributed by atoms with Gasteiger partial charge in [0.05, 0.1) is 0 Å². The number of rotatable bonds is 9. The van der Waals surface area contributed by atoms with Crippen molar-refractivity contribution in [3.63, 3.8) is 0 Å². The fourth-order valence-electron chi connectivity index (χ4n) is 2.24. The number of benzene rings is 1. The summed E-state index contributed by atoms with van der Waals surface area (Å²) in [6.45, 7) is 5.07. The van der Waals surface area contributed by atoms with E-state index >= 15 is 0 Å². The number of hydrogen-bond donors (Lipinski definition) is 3. The van der Waals surface area contributed by atoms with Crippen molar-refractivity contribution in [2.75, 3.05) is 0 Å². The van der Waals surface area contributed by atoms with Gasteiger partial charge in [-0.25, -0.2) is 9.59 Å². The molecule has 1 aromatic carbocycles. The van der Waals surface area contributed by atoms with Gasteiger partial charge in [0.1, 0.15) is 18.2 Å². The monoisotopic (exact) mass is 380 g/mol. The van der Waals surface area contributed by atoms with Crippen molar-refractivity contribution >= 4 is 17.9 Å². The summed E-state index contributed by atoms with van der Waals surface area (Å²) in [5, 5.41) is 9.38. The Morgan fingerprint density at radius 3 is 2.26 bits per heavy atom. The Morgan fingerprint density at radius 2 is 1.74 bits per heavy atom. The van der Waals surface area contributed by atoms with Gasteiger partial charge in [-0.15, -0.1) is 0 Å². The van der Waals surface area contributed by atoms with Gasteiger partial charge in [0.15, 0.2) is 0 Å². The van der Waals surface area contributed by atoms with Crippen LogP contribution in [-0.4, -0.2) is 40.2 Å². The first-order valence-corrected chi connectivity index (χ1v) is 8.67. The molecule has 0 saturated carbocycles. The Labute approximate surface area is 158 Å². The SMILES string of the molecule is CC(C)(C)OC(=O)C(N)CCC[C@](N)(C(=O)O)C(=O)OCc1ccccc1. The van der Waals surface area contributed by atoms with Gasteiger partial charge in [-0.2, -0.15) is 0 Å². The maximum Gasteiger partial charge on any atom is 0.338 e. The van der Waals surface area contributed by atoms with Crippen LogP contribution in [0.15, 0.2) is 30.3 Å². The minimum absolute atomic E-state index is 0.0800.